The summed E-state index contributed by atoms with van der Waals surface area (Å²) >= 11 is 1.36. The highest BCUT2D eigenvalue weighted by molar-refractivity contribution is 7.90. The molecule has 0 aliphatic rings. The lowest BCUT2D eigenvalue weighted by molar-refractivity contribution is 0.103. The van der Waals surface area contributed by atoms with Crippen molar-refractivity contribution in [3.05, 3.63) is 81.3 Å². The van der Waals surface area contributed by atoms with Gasteiger partial charge in [-0.15, -0.1) is 11.3 Å². The van der Waals surface area contributed by atoms with Crippen LogP contribution in [0.15, 0.2) is 53.9 Å². The Balaban J connectivity index is 2.26. The van der Waals surface area contributed by atoms with Crippen molar-refractivity contribution in [3.63, 3.8) is 0 Å². The van der Waals surface area contributed by atoms with E-state index in [0.29, 0.717) is 27.4 Å². The number of sulfonamides is 1. The van der Waals surface area contributed by atoms with E-state index < -0.39 is 14.8 Å². The first-order valence-electron chi connectivity index (χ1n) is 8.00. The number of aryl methyl sites for hydroxylation is 1. The van der Waals surface area contributed by atoms with Crippen molar-refractivity contribution in [3.8, 4) is 0 Å². The zero-order valence-electron chi connectivity index (χ0n) is 14.8. The summed E-state index contributed by atoms with van der Waals surface area (Å²) in [5.41, 5.74) is 2.20. The highest BCUT2D eigenvalue weighted by Crippen LogP contribution is 2.38. The number of primary sulfonamides is 1. The van der Waals surface area contributed by atoms with Crippen LogP contribution in [0.3, 0.4) is 0 Å². The van der Waals surface area contributed by atoms with Gasteiger partial charge in [-0.25, -0.2) is 13.6 Å². The second-order valence-electron chi connectivity index (χ2n) is 6.37. The smallest absolute Gasteiger partial charge is 0.224 e. The Kier molecular flexibility index (Phi) is 4.64. The Labute approximate surface area is 157 Å². The lowest BCUT2D eigenvalue weighted by atomic mass is 9.96. The molecular formula is C19H20N2O3S2. The predicted octanol–water partition coefficient (Wildman–Crippen LogP) is 3.18. The summed E-state index contributed by atoms with van der Waals surface area (Å²) in [5, 5.41) is 7.49. The van der Waals surface area contributed by atoms with Gasteiger partial charge in [0.1, 0.15) is 4.75 Å². The van der Waals surface area contributed by atoms with Crippen molar-refractivity contribution in [1.29, 1.82) is 0 Å². The number of ketones is 1. The second kappa shape index (κ2) is 6.50. The van der Waals surface area contributed by atoms with E-state index in [4.69, 9.17) is 5.14 Å². The summed E-state index contributed by atoms with van der Waals surface area (Å²) in [6.45, 7) is 3.38. The normalized spacial score (nSPS) is 14.2. The van der Waals surface area contributed by atoms with E-state index in [0.717, 1.165) is 0 Å². The van der Waals surface area contributed by atoms with Crippen LogP contribution < -0.4 is 5.14 Å². The van der Waals surface area contributed by atoms with Gasteiger partial charge in [0, 0.05) is 12.7 Å². The number of rotatable bonds is 5. The van der Waals surface area contributed by atoms with Crippen molar-refractivity contribution in [1.82, 2.24) is 4.57 Å². The monoisotopic (exact) mass is 388 g/mol. The fourth-order valence-electron chi connectivity index (χ4n) is 3.28. The molecule has 2 aromatic heterocycles. The molecule has 0 fully saturated rings. The Morgan fingerprint density at radius 1 is 1.15 bits per heavy atom. The van der Waals surface area contributed by atoms with Gasteiger partial charge in [-0.1, -0.05) is 36.4 Å². The lowest BCUT2D eigenvalue weighted by Gasteiger charge is -2.29. The molecule has 0 radical (unpaired) electrons. The summed E-state index contributed by atoms with van der Waals surface area (Å²) in [7, 11) is -2.30. The van der Waals surface area contributed by atoms with E-state index in [-0.39, 0.29) is 5.78 Å². The van der Waals surface area contributed by atoms with Crippen LogP contribution in [0.4, 0.5) is 0 Å². The van der Waals surface area contributed by atoms with Gasteiger partial charge in [-0.05, 0) is 42.5 Å². The van der Waals surface area contributed by atoms with Crippen LogP contribution in [-0.4, -0.2) is 18.8 Å². The average Bonchev–Trinajstić information content (AvgIpc) is 3.22. The first-order chi connectivity index (χ1) is 12.2. The van der Waals surface area contributed by atoms with E-state index in [9.17, 15) is 13.2 Å². The standard InChI is InChI=1S/C19H20N2O3S2/c1-13-12-16(21(3)17(13)18(22)15-10-7-11-25-15)19(2,26(20,23)24)14-8-5-4-6-9-14/h4-12H,1-3H3,(H2,20,23,24). The Morgan fingerprint density at radius 3 is 2.35 bits per heavy atom. The number of carbonyl (C=O) groups is 1. The predicted molar refractivity (Wildman–Crippen MR) is 104 cm³/mol. The molecule has 1 unspecified atom stereocenters. The number of aromatic nitrogens is 1. The molecule has 3 aromatic rings. The first kappa shape index (κ1) is 18.6. The van der Waals surface area contributed by atoms with E-state index in [1.807, 2.05) is 17.5 Å². The Hall–Kier alpha value is -2.22. The third kappa shape index (κ3) is 2.82. The van der Waals surface area contributed by atoms with Crippen molar-refractivity contribution < 1.29 is 13.2 Å². The number of hydrogen-bond donors (Lipinski definition) is 1. The molecule has 2 heterocycles. The third-order valence-corrected chi connectivity index (χ3v) is 7.22. The van der Waals surface area contributed by atoms with Gasteiger partial charge in [0.05, 0.1) is 10.6 Å². The van der Waals surface area contributed by atoms with Gasteiger partial charge in [-0.2, -0.15) is 0 Å². The largest absolute Gasteiger partial charge is 0.343 e. The molecule has 0 aliphatic heterocycles. The minimum atomic E-state index is -4.01. The van der Waals surface area contributed by atoms with Gasteiger partial charge in [-0.3, -0.25) is 4.79 Å². The van der Waals surface area contributed by atoms with Crippen LogP contribution in [0.1, 0.15) is 39.1 Å². The molecule has 1 atom stereocenters. The molecule has 3 rings (SSSR count). The number of thiophene rings is 1. The summed E-state index contributed by atoms with van der Waals surface area (Å²) in [5.74, 6) is -0.129. The molecule has 136 valence electrons. The van der Waals surface area contributed by atoms with Gasteiger partial charge in [0.25, 0.3) is 0 Å². The number of hydrogen-bond acceptors (Lipinski definition) is 4. The highest BCUT2D eigenvalue weighted by Gasteiger charge is 2.43. The molecule has 26 heavy (non-hydrogen) atoms. The van der Waals surface area contributed by atoms with Gasteiger partial charge in [0.2, 0.25) is 15.8 Å². The Morgan fingerprint density at radius 2 is 1.81 bits per heavy atom. The molecule has 0 aliphatic carbocycles. The van der Waals surface area contributed by atoms with Crippen molar-refractivity contribution in [2.75, 3.05) is 0 Å². The average molecular weight is 389 g/mol. The zero-order valence-corrected chi connectivity index (χ0v) is 16.4. The van der Waals surface area contributed by atoms with Crippen LogP contribution in [-0.2, 0) is 21.8 Å². The molecule has 2 N–H and O–H groups in total. The van der Waals surface area contributed by atoms with E-state index in [1.165, 1.54) is 11.3 Å². The number of benzene rings is 1. The zero-order chi connectivity index (χ0) is 19.1. The van der Waals surface area contributed by atoms with E-state index >= 15 is 0 Å². The topological polar surface area (TPSA) is 82.2 Å². The number of nitrogens with zero attached hydrogens (tertiary/aromatic N) is 1. The van der Waals surface area contributed by atoms with Crippen LogP contribution in [0.5, 0.6) is 0 Å². The maximum absolute atomic E-state index is 12.9. The first-order valence-corrected chi connectivity index (χ1v) is 10.4. The van der Waals surface area contributed by atoms with Crippen LogP contribution in [0.25, 0.3) is 0 Å². The lowest BCUT2D eigenvalue weighted by Crippen LogP contribution is -2.40. The summed E-state index contributed by atoms with van der Waals surface area (Å²) in [4.78, 5) is 13.5. The fourth-order valence-corrected chi connectivity index (χ4v) is 4.90. The SMILES string of the molecule is Cc1cc(C(C)(c2ccccc2)S(N)(=O)=O)n(C)c1C(=O)c1cccs1. The molecule has 0 bridgehead atoms. The Bertz CT molecular complexity index is 1050. The molecule has 5 nitrogen and oxygen atoms in total. The number of nitrogens with two attached hydrogens (primary N) is 1. The van der Waals surface area contributed by atoms with Crippen molar-refractivity contribution in [2.45, 2.75) is 18.6 Å². The molecular weight excluding hydrogens is 368 g/mol. The van der Waals surface area contributed by atoms with Crippen molar-refractivity contribution in [2.24, 2.45) is 12.2 Å². The second-order valence-corrected chi connectivity index (χ2v) is 9.23. The molecule has 0 saturated heterocycles. The molecule has 1 aromatic carbocycles. The summed E-state index contributed by atoms with van der Waals surface area (Å²) < 4.78 is 25.4. The van der Waals surface area contributed by atoms with Crippen LogP contribution in [0.2, 0.25) is 0 Å². The van der Waals surface area contributed by atoms with Gasteiger partial charge >= 0.3 is 0 Å². The van der Waals surface area contributed by atoms with Crippen LogP contribution >= 0.6 is 11.3 Å². The van der Waals surface area contributed by atoms with Gasteiger partial charge < -0.3 is 4.57 Å². The minimum Gasteiger partial charge on any atom is -0.343 e. The van der Waals surface area contributed by atoms with Gasteiger partial charge in [0.15, 0.2) is 0 Å². The quantitative estimate of drug-likeness (QED) is 0.682. The van der Waals surface area contributed by atoms with Crippen molar-refractivity contribution >= 4 is 27.1 Å². The maximum Gasteiger partial charge on any atom is 0.224 e. The maximum atomic E-state index is 12.9. The molecule has 0 amide bonds. The summed E-state index contributed by atoms with van der Waals surface area (Å²) in [6, 6.07) is 14.1. The van der Waals surface area contributed by atoms with E-state index in [2.05, 4.69) is 0 Å². The van der Waals surface area contributed by atoms with Crippen LogP contribution in [0, 0.1) is 6.92 Å². The van der Waals surface area contributed by atoms with E-state index in [1.54, 1.807) is 61.9 Å². The highest BCUT2D eigenvalue weighted by atomic mass is 32.2. The molecule has 0 saturated carbocycles. The number of carbonyl (C=O) groups excluding carboxylic acids is 1. The fraction of sp³-hybridized carbons (Fsp3) is 0.211. The summed E-state index contributed by atoms with van der Waals surface area (Å²) in [6.07, 6.45) is 0. The minimum absolute atomic E-state index is 0.129. The third-order valence-electron chi connectivity index (χ3n) is 4.77. The molecule has 0 spiro atoms. The molecule has 7 heteroatoms.